The minimum Gasteiger partial charge on any atom is -0.342 e. The Balaban J connectivity index is 1.79. The normalized spacial score (nSPS) is 15.6. The standard InChI is InChI=1S/C18H25Cl3N4O2/c1-3-25(4-2)18(27)12-24-7-5-23(6-8-24)11-17(26)22-16-10-14(20)13(19)9-15(16)21/h9-10H,3-8,11-12H2,1-2H3,(H,22,26). The third-order valence-corrected chi connectivity index (χ3v) is 5.63. The molecular weight excluding hydrogens is 411 g/mol. The Labute approximate surface area is 175 Å². The van der Waals surface area contributed by atoms with E-state index in [1.54, 1.807) is 6.07 Å². The maximum absolute atomic E-state index is 12.3. The van der Waals surface area contributed by atoms with Crippen LogP contribution in [0.2, 0.25) is 15.1 Å². The van der Waals surface area contributed by atoms with Gasteiger partial charge in [0.15, 0.2) is 0 Å². The first-order chi connectivity index (χ1) is 12.8. The Bertz CT molecular complexity index is 675. The predicted molar refractivity (Wildman–Crippen MR) is 111 cm³/mol. The highest BCUT2D eigenvalue weighted by Gasteiger charge is 2.22. The van der Waals surface area contributed by atoms with Gasteiger partial charge in [-0.25, -0.2) is 0 Å². The van der Waals surface area contributed by atoms with Gasteiger partial charge < -0.3 is 10.2 Å². The second-order valence-electron chi connectivity index (χ2n) is 6.41. The first-order valence-corrected chi connectivity index (χ1v) is 10.1. The van der Waals surface area contributed by atoms with Crippen molar-refractivity contribution in [3.05, 3.63) is 27.2 Å². The first kappa shape index (κ1) is 22.2. The van der Waals surface area contributed by atoms with Crippen LogP contribution in [0.25, 0.3) is 0 Å². The number of nitrogens with zero attached hydrogens (tertiary/aromatic N) is 3. The van der Waals surface area contributed by atoms with Gasteiger partial charge >= 0.3 is 0 Å². The van der Waals surface area contributed by atoms with Crippen molar-refractivity contribution in [2.24, 2.45) is 0 Å². The molecule has 0 bridgehead atoms. The minimum atomic E-state index is -0.164. The van der Waals surface area contributed by atoms with Crippen LogP contribution in [0.15, 0.2) is 12.1 Å². The molecule has 1 saturated heterocycles. The second kappa shape index (κ2) is 10.5. The van der Waals surface area contributed by atoms with E-state index in [-0.39, 0.29) is 18.4 Å². The van der Waals surface area contributed by atoms with Gasteiger partial charge in [-0.15, -0.1) is 0 Å². The average Bonchev–Trinajstić information content (AvgIpc) is 2.62. The molecule has 0 unspecified atom stereocenters. The first-order valence-electron chi connectivity index (χ1n) is 9.00. The summed E-state index contributed by atoms with van der Waals surface area (Å²) in [5.41, 5.74) is 0.444. The fourth-order valence-corrected chi connectivity index (χ4v) is 3.58. The van der Waals surface area contributed by atoms with Crippen LogP contribution in [-0.2, 0) is 9.59 Å². The molecular formula is C18H25Cl3N4O2. The highest BCUT2D eigenvalue weighted by molar-refractivity contribution is 6.44. The van der Waals surface area contributed by atoms with Crippen molar-refractivity contribution in [2.75, 3.05) is 57.7 Å². The summed E-state index contributed by atoms with van der Waals surface area (Å²) in [5, 5.41) is 3.79. The van der Waals surface area contributed by atoms with Crippen molar-refractivity contribution in [3.8, 4) is 0 Å². The zero-order valence-corrected chi connectivity index (χ0v) is 17.9. The van der Waals surface area contributed by atoms with Gasteiger partial charge in [0.25, 0.3) is 0 Å². The van der Waals surface area contributed by atoms with Gasteiger partial charge in [0.2, 0.25) is 11.8 Å². The highest BCUT2D eigenvalue weighted by atomic mass is 35.5. The lowest BCUT2D eigenvalue weighted by Gasteiger charge is -2.34. The maximum Gasteiger partial charge on any atom is 0.238 e. The van der Waals surface area contributed by atoms with E-state index in [2.05, 4.69) is 15.1 Å². The average molecular weight is 436 g/mol. The smallest absolute Gasteiger partial charge is 0.238 e. The highest BCUT2D eigenvalue weighted by Crippen LogP contribution is 2.32. The maximum atomic E-state index is 12.3. The van der Waals surface area contributed by atoms with Gasteiger partial charge in [0.1, 0.15) is 0 Å². The molecule has 9 heteroatoms. The molecule has 0 spiro atoms. The number of carbonyl (C=O) groups excluding carboxylic acids is 2. The minimum absolute atomic E-state index is 0.153. The zero-order chi connectivity index (χ0) is 20.0. The molecule has 0 atom stereocenters. The third kappa shape index (κ3) is 6.50. The van der Waals surface area contributed by atoms with Crippen molar-refractivity contribution >= 4 is 52.3 Å². The topological polar surface area (TPSA) is 55.9 Å². The van der Waals surface area contributed by atoms with E-state index in [1.165, 1.54) is 6.07 Å². The van der Waals surface area contributed by atoms with E-state index in [0.717, 1.165) is 39.3 Å². The molecule has 0 aromatic heterocycles. The Kier molecular flexibility index (Phi) is 8.63. The molecule has 1 heterocycles. The summed E-state index contributed by atoms with van der Waals surface area (Å²) < 4.78 is 0. The van der Waals surface area contributed by atoms with Crippen LogP contribution >= 0.6 is 34.8 Å². The molecule has 2 rings (SSSR count). The summed E-state index contributed by atoms with van der Waals surface area (Å²) in [7, 11) is 0. The van der Waals surface area contributed by atoms with Gasteiger partial charge in [-0.1, -0.05) is 34.8 Å². The number of carbonyl (C=O) groups is 2. The van der Waals surface area contributed by atoms with Crippen LogP contribution in [0, 0.1) is 0 Å². The third-order valence-electron chi connectivity index (χ3n) is 4.59. The molecule has 1 aliphatic heterocycles. The van der Waals surface area contributed by atoms with E-state index in [1.807, 2.05) is 18.7 Å². The molecule has 1 N–H and O–H groups in total. The lowest BCUT2D eigenvalue weighted by Crippen LogP contribution is -2.51. The van der Waals surface area contributed by atoms with Crippen LogP contribution in [0.3, 0.4) is 0 Å². The lowest BCUT2D eigenvalue weighted by molar-refractivity contribution is -0.132. The van der Waals surface area contributed by atoms with E-state index in [0.29, 0.717) is 27.3 Å². The number of halogens is 3. The van der Waals surface area contributed by atoms with E-state index >= 15 is 0 Å². The van der Waals surface area contributed by atoms with Crippen LogP contribution in [-0.4, -0.2) is 78.9 Å². The van der Waals surface area contributed by atoms with Crippen molar-refractivity contribution in [2.45, 2.75) is 13.8 Å². The molecule has 27 heavy (non-hydrogen) atoms. The van der Waals surface area contributed by atoms with Gasteiger partial charge in [0, 0.05) is 39.3 Å². The largest absolute Gasteiger partial charge is 0.342 e. The van der Waals surface area contributed by atoms with E-state index < -0.39 is 0 Å². The number of hydrogen-bond donors (Lipinski definition) is 1. The Morgan fingerprint density at radius 2 is 1.44 bits per heavy atom. The lowest BCUT2D eigenvalue weighted by atomic mass is 10.3. The van der Waals surface area contributed by atoms with Crippen LogP contribution in [0.1, 0.15) is 13.8 Å². The Hall–Kier alpha value is -1.05. The number of hydrogen-bond acceptors (Lipinski definition) is 4. The second-order valence-corrected chi connectivity index (χ2v) is 7.63. The van der Waals surface area contributed by atoms with Gasteiger partial charge in [0.05, 0.1) is 33.8 Å². The van der Waals surface area contributed by atoms with Gasteiger partial charge in [-0.05, 0) is 26.0 Å². The number of rotatable bonds is 7. The number of benzene rings is 1. The van der Waals surface area contributed by atoms with Crippen molar-refractivity contribution < 1.29 is 9.59 Å². The van der Waals surface area contributed by atoms with Crippen molar-refractivity contribution in [1.82, 2.24) is 14.7 Å². The SMILES string of the molecule is CCN(CC)C(=O)CN1CCN(CC(=O)Nc2cc(Cl)c(Cl)cc2Cl)CC1. The number of amides is 2. The van der Waals surface area contributed by atoms with Gasteiger partial charge in [-0.2, -0.15) is 0 Å². The molecule has 2 amide bonds. The summed E-state index contributed by atoms with van der Waals surface area (Å²) in [6, 6.07) is 3.05. The molecule has 1 fully saturated rings. The summed E-state index contributed by atoms with van der Waals surface area (Å²) in [4.78, 5) is 30.5. The zero-order valence-electron chi connectivity index (χ0n) is 15.6. The van der Waals surface area contributed by atoms with Crippen molar-refractivity contribution in [1.29, 1.82) is 0 Å². The molecule has 0 aliphatic carbocycles. The number of nitrogens with one attached hydrogen (secondary N) is 1. The van der Waals surface area contributed by atoms with Crippen LogP contribution < -0.4 is 5.32 Å². The number of likely N-dealkylation sites (N-methyl/N-ethyl adjacent to an activating group) is 1. The fourth-order valence-electron chi connectivity index (χ4n) is 2.98. The van der Waals surface area contributed by atoms with E-state index in [9.17, 15) is 9.59 Å². The molecule has 1 aromatic carbocycles. The quantitative estimate of drug-likeness (QED) is 0.669. The molecule has 0 saturated carbocycles. The summed E-state index contributed by atoms with van der Waals surface area (Å²) in [6.45, 7) is 9.09. The summed E-state index contributed by atoms with van der Waals surface area (Å²) >= 11 is 18.0. The number of piperazine rings is 1. The molecule has 150 valence electrons. The van der Waals surface area contributed by atoms with E-state index in [4.69, 9.17) is 34.8 Å². The van der Waals surface area contributed by atoms with Crippen LogP contribution in [0.5, 0.6) is 0 Å². The van der Waals surface area contributed by atoms with Crippen LogP contribution in [0.4, 0.5) is 5.69 Å². The van der Waals surface area contributed by atoms with Crippen molar-refractivity contribution in [3.63, 3.8) is 0 Å². The molecule has 1 aromatic rings. The summed E-state index contributed by atoms with van der Waals surface area (Å²) in [5.74, 6) is -0.0107. The predicted octanol–water partition coefficient (Wildman–Crippen LogP) is 3.07. The molecule has 0 radical (unpaired) electrons. The Morgan fingerprint density at radius 3 is 2.00 bits per heavy atom. The molecule has 6 nitrogen and oxygen atoms in total. The molecule has 1 aliphatic rings. The Morgan fingerprint density at radius 1 is 0.926 bits per heavy atom. The summed E-state index contributed by atoms with van der Waals surface area (Å²) in [6.07, 6.45) is 0. The monoisotopic (exact) mass is 434 g/mol. The van der Waals surface area contributed by atoms with Gasteiger partial charge in [-0.3, -0.25) is 19.4 Å². The fraction of sp³-hybridized carbons (Fsp3) is 0.556. The number of anilines is 1.